The number of rotatable bonds is 4. The normalized spacial score (nSPS) is 10.9. The van der Waals surface area contributed by atoms with Crippen molar-refractivity contribution in [3.8, 4) is 0 Å². The first kappa shape index (κ1) is 12.7. The van der Waals surface area contributed by atoms with Crippen molar-refractivity contribution in [3.05, 3.63) is 34.9 Å². The fraction of sp³-hybridized carbons (Fsp3) is 0.182. The molecule has 1 rings (SSSR count). The number of hydrogen-bond acceptors (Lipinski definition) is 5. The van der Waals surface area contributed by atoms with Crippen molar-refractivity contribution in [2.45, 2.75) is 6.92 Å². The fourth-order valence-corrected chi connectivity index (χ4v) is 1.30. The van der Waals surface area contributed by atoms with E-state index >= 15 is 0 Å². The molecule has 0 bridgehead atoms. The lowest BCUT2D eigenvalue weighted by Gasteiger charge is -2.04. The first-order chi connectivity index (χ1) is 8.19. The van der Waals surface area contributed by atoms with Gasteiger partial charge in [0.25, 0.3) is 5.91 Å². The van der Waals surface area contributed by atoms with Crippen LogP contribution in [0.2, 0.25) is 0 Å². The van der Waals surface area contributed by atoms with Crippen LogP contribution in [0.5, 0.6) is 0 Å². The predicted octanol–water partition coefficient (Wildman–Crippen LogP) is 1.12. The summed E-state index contributed by atoms with van der Waals surface area (Å²) in [5.74, 6) is -0.282. The summed E-state index contributed by atoms with van der Waals surface area (Å²) in [4.78, 5) is 16.1. The molecule has 1 aromatic rings. The van der Waals surface area contributed by atoms with E-state index in [0.717, 1.165) is 5.56 Å². The van der Waals surface area contributed by atoms with Gasteiger partial charge in [0.1, 0.15) is 13.4 Å². The number of aryl methyl sites for hydroxylation is 1. The summed E-state index contributed by atoms with van der Waals surface area (Å²) in [5.41, 5.74) is 2.00. The molecule has 0 spiro atoms. The summed E-state index contributed by atoms with van der Waals surface area (Å²) in [6.07, 6.45) is 2.46. The zero-order valence-corrected chi connectivity index (χ0v) is 9.54. The molecule has 1 aromatic carbocycles. The Morgan fingerprint density at radius 3 is 2.88 bits per heavy atom. The van der Waals surface area contributed by atoms with Crippen molar-refractivity contribution in [3.63, 3.8) is 0 Å². The number of nitrogens with zero attached hydrogens (tertiary/aromatic N) is 2. The minimum atomic E-state index is -0.282. The monoisotopic (exact) mass is 235 g/mol. The molecule has 0 saturated heterocycles. The third-order valence-corrected chi connectivity index (χ3v) is 2.06. The summed E-state index contributed by atoms with van der Waals surface area (Å²) in [7, 11) is 1.39. The van der Waals surface area contributed by atoms with Gasteiger partial charge in [-0.3, -0.25) is 4.79 Å². The van der Waals surface area contributed by atoms with Crippen LogP contribution < -0.4 is 5.32 Å². The first-order valence-corrected chi connectivity index (χ1v) is 4.83. The minimum Gasteiger partial charge on any atom is -0.411 e. The van der Waals surface area contributed by atoms with Crippen LogP contribution in [-0.4, -0.2) is 30.8 Å². The van der Waals surface area contributed by atoms with E-state index in [2.05, 4.69) is 20.5 Å². The highest BCUT2D eigenvalue weighted by molar-refractivity contribution is 6.02. The highest BCUT2D eigenvalue weighted by atomic mass is 16.6. The summed E-state index contributed by atoms with van der Waals surface area (Å²) in [6.45, 7) is 1.79. The Kier molecular flexibility index (Phi) is 4.68. The smallest absolute Gasteiger partial charge is 0.256 e. The third kappa shape index (κ3) is 3.60. The number of benzene rings is 1. The number of hydrogen-bond donors (Lipinski definition) is 2. The molecule has 0 fully saturated rings. The Balaban J connectivity index is 2.84. The Morgan fingerprint density at radius 2 is 2.29 bits per heavy atom. The second-order valence-electron chi connectivity index (χ2n) is 3.21. The Hall–Kier alpha value is -2.37. The molecule has 0 unspecified atom stereocenters. The molecule has 1 amide bonds. The number of carbonyl (C=O) groups excluding carboxylic acids is 1. The lowest BCUT2D eigenvalue weighted by Crippen LogP contribution is -2.22. The average molecular weight is 235 g/mol. The zero-order chi connectivity index (χ0) is 12.7. The van der Waals surface area contributed by atoms with Gasteiger partial charge < -0.3 is 15.4 Å². The van der Waals surface area contributed by atoms with Crippen molar-refractivity contribution in [2.75, 3.05) is 7.11 Å². The van der Waals surface area contributed by atoms with E-state index in [0.29, 0.717) is 11.1 Å². The summed E-state index contributed by atoms with van der Waals surface area (Å²) >= 11 is 0. The average Bonchev–Trinajstić information content (AvgIpc) is 2.29. The molecule has 0 aromatic heterocycles. The maximum absolute atomic E-state index is 11.7. The zero-order valence-electron chi connectivity index (χ0n) is 9.54. The van der Waals surface area contributed by atoms with Crippen molar-refractivity contribution in [1.29, 1.82) is 0 Å². The lowest BCUT2D eigenvalue weighted by molar-refractivity contribution is 0.0975. The molecule has 90 valence electrons. The first-order valence-electron chi connectivity index (χ1n) is 4.83. The van der Waals surface area contributed by atoms with E-state index < -0.39 is 0 Å². The molecule has 0 aliphatic rings. The van der Waals surface area contributed by atoms with Gasteiger partial charge >= 0.3 is 0 Å². The third-order valence-electron chi connectivity index (χ3n) is 2.06. The van der Waals surface area contributed by atoms with Crippen LogP contribution in [0.3, 0.4) is 0 Å². The minimum absolute atomic E-state index is 0.282. The molecule has 0 saturated carbocycles. The highest BCUT2D eigenvalue weighted by Crippen LogP contribution is 2.09. The molecular formula is C11H13N3O3. The quantitative estimate of drug-likeness (QED) is 0.355. The maximum Gasteiger partial charge on any atom is 0.256 e. The van der Waals surface area contributed by atoms with Crippen LogP contribution in [0.25, 0.3) is 0 Å². The topological polar surface area (TPSA) is 83.3 Å². The SMILES string of the molecule is CON=CNC(=O)c1ccc(C=NO)cc1C. The summed E-state index contributed by atoms with van der Waals surface area (Å²) in [6, 6.07) is 5.06. The summed E-state index contributed by atoms with van der Waals surface area (Å²) in [5, 5.41) is 17.2. The van der Waals surface area contributed by atoms with E-state index in [9.17, 15) is 4.79 Å². The Morgan fingerprint density at radius 1 is 1.53 bits per heavy atom. The standard InChI is InChI=1S/C11H13N3O3/c1-8-5-9(6-13-16)3-4-10(8)11(15)12-7-14-17-2/h3-7,16H,1-2H3,(H,12,14,15). The van der Waals surface area contributed by atoms with Gasteiger partial charge in [0.2, 0.25) is 0 Å². The Labute approximate surface area is 98.6 Å². The van der Waals surface area contributed by atoms with Gasteiger partial charge in [-0.1, -0.05) is 16.4 Å². The number of amides is 1. The van der Waals surface area contributed by atoms with Crippen molar-refractivity contribution in [2.24, 2.45) is 10.3 Å². The second-order valence-corrected chi connectivity index (χ2v) is 3.21. The fourth-order valence-electron chi connectivity index (χ4n) is 1.30. The van der Waals surface area contributed by atoms with Crippen LogP contribution in [0.1, 0.15) is 21.5 Å². The van der Waals surface area contributed by atoms with Gasteiger partial charge in [-0.25, -0.2) is 0 Å². The molecule has 6 heteroatoms. The van der Waals surface area contributed by atoms with Crippen molar-refractivity contribution < 1.29 is 14.8 Å². The van der Waals surface area contributed by atoms with E-state index in [-0.39, 0.29) is 5.91 Å². The van der Waals surface area contributed by atoms with Gasteiger partial charge in [0.15, 0.2) is 0 Å². The molecule has 0 radical (unpaired) electrons. The van der Waals surface area contributed by atoms with Crippen LogP contribution in [0.4, 0.5) is 0 Å². The molecule has 17 heavy (non-hydrogen) atoms. The molecule has 0 aliphatic carbocycles. The van der Waals surface area contributed by atoms with Gasteiger partial charge in [0, 0.05) is 5.56 Å². The van der Waals surface area contributed by atoms with Crippen LogP contribution in [-0.2, 0) is 4.84 Å². The van der Waals surface area contributed by atoms with Crippen LogP contribution in [0.15, 0.2) is 28.5 Å². The largest absolute Gasteiger partial charge is 0.411 e. The van der Waals surface area contributed by atoms with Gasteiger partial charge in [-0.15, -0.1) is 0 Å². The van der Waals surface area contributed by atoms with Crippen molar-refractivity contribution >= 4 is 18.5 Å². The molecule has 0 aliphatic heterocycles. The number of oxime groups is 2. The molecule has 6 nitrogen and oxygen atoms in total. The van der Waals surface area contributed by atoms with Crippen molar-refractivity contribution in [1.82, 2.24) is 5.32 Å². The molecule has 0 atom stereocenters. The lowest BCUT2D eigenvalue weighted by atomic mass is 10.1. The van der Waals surface area contributed by atoms with Gasteiger partial charge in [-0.05, 0) is 30.2 Å². The van der Waals surface area contributed by atoms with E-state index in [1.54, 1.807) is 25.1 Å². The highest BCUT2D eigenvalue weighted by Gasteiger charge is 2.07. The number of carbonyl (C=O) groups is 1. The van der Waals surface area contributed by atoms with E-state index in [1.165, 1.54) is 19.7 Å². The van der Waals surface area contributed by atoms with E-state index in [4.69, 9.17) is 5.21 Å². The number of nitrogens with one attached hydrogen (secondary N) is 1. The summed E-state index contributed by atoms with van der Waals surface area (Å²) < 4.78 is 0. The van der Waals surface area contributed by atoms with E-state index in [1.807, 2.05) is 0 Å². The molecule has 0 heterocycles. The second kappa shape index (κ2) is 6.26. The van der Waals surface area contributed by atoms with Crippen LogP contribution in [0, 0.1) is 6.92 Å². The van der Waals surface area contributed by atoms with Gasteiger partial charge in [0.05, 0.1) is 6.21 Å². The molecular weight excluding hydrogens is 222 g/mol. The predicted molar refractivity (Wildman–Crippen MR) is 63.5 cm³/mol. The Bertz CT molecular complexity index is 455. The van der Waals surface area contributed by atoms with Gasteiger partial charge in [-0.2, -0.15) is 0 Å². The van der Waals surface area contributed by atoms with Crippen LogP contribution >= 0.6 is 0 Å². The molecule has 2 N–H and O–H groups in total. The maximum atomic E-state index is 11.7.